The molecule has 0 rings (SSSR count). The molecule has 39 valence electrons. The fourth-order valence-electron chi connectivity index (χ4n) is 0. The molecule has 2 nitrogen and oxygen atoms in total. The molecule has 0 aliphatic heterocycles. The van der Waals surface area contributed by atoms with Crippen molar-refractivity contribution in [3.8, 4) is 0 Å². The van der Waals surface area contributed by atoms with Crippen molar-refractivity contribution in [1.82, 2.24) is 6.15 Å². The Morgan fingerprint density at radius 1 is 1.83 bits per heavy atom. The van der Waals surface area contributed by atoms with Gasteiger partial charge in [0.05, 0.1) is 6.10 Å². The minimum Gasteiger partial charge on any atom is -0.393 e. The average molecular weight is 90.1 g/mol. The Morgan fingerprint density at radius 3 is 2.00 bits per heavy atom. The first-order valence-electron chi connectivity index (χ1n) is 1.74. The van der Waals surface area contributed by atoms with Gasteiger partial charge in [0.1, 0.15) is 0 Å². The van der Waals surface area contributed by atoms with E-state index in [0.717, 1.165) is 0 Å². The lowest BCUT2D eigenvalue weighted by atomic mass is 10.3. The van der Waals surface area contributed by atoms with Crippen LogP contribution in [0.4, 0.5) is 0 Å². The summed E-state index contributed by atoms with van der Waals surface area (Å²) in [4.78, 5) is 0. The van der Waals surface area contributed by atoms with E-state index in [4.69, 9.17) is 5.11 Å². The summed E-state index contributed by atoms with van der Waals surface area (Å²) in [5, 5.41) is 8.30. The highest BCUT2D eigenvalue weighted by Crippen LogP contribution is 1.80. The van der Waals surface area contributed by atoms with E-state index in [1.54, 1.807) is 6.92 Å². The quantitative estimate of drug-likeness (QED) is 0.499. The number of aliphatic hydroxyl groups is 1. The Labute approximate surface area is 38.8 Å². The first kappa shape index (κ1) is 9.33. The Hall–Kier alpha value is -0.0800. The summed E-state index contributed by atoms with van der Waals surface area (Å²) >= 11 is 0. The third-order valence-corrected chi connectivity index (χ3v) is 0.418. The summed E-state index contributed by atoms with van der Waals surface area (Å²) in [5.41, 5.74) is 0. The van der Waals surface area contributed by atoms with Crippen LogP contribution < -0.4 is 6.15 Å². The molecule has 0 saturated carbocycles. The first-order chi connectivity index (χ1) is 2.27. The van der Waals surface area contributed by atoms with E-state index in [-0.39, 0.29) is 12.3 Å². The van der Waals surface area contributed by atoms with Gasteiger partial charge in [-0.3, -0.25) is 0 Å². The van der Waals surface area contributed by atoms with E-state index in [1.165, 1.54) is 0 Å². The second-order valence-corrected chi connectivity index (χ2v) is 1.14. The predicted octanol–water partition coefficient (Wildman–Crippen LogP) is 0.753. The topological polar surface area (TPSA) is 55.2 Å². The van der Waals surface area contributed by atoms with Gasteiger partial charge in [-0.25, -0.2) is 0 Å². The second kappa shape index (κ2) is 4.92. The van der Waals surface area contributed by atoms with Crippen LogP contribution in [0, 0.1) is 6.92 Å². The molecule has 0 aromatic rings. The maximum atomic E-state index is 8.30. The minimum atomic E-state index is -0.227. The van der Waals surface area contributed by atoms with Crippen molar-refractivity contribution in [3.63, 3.8) is 0 Å². The zero-order valence-electron chi connectivity index (χ0n) is 4.15. The zero-order valence-corrected chi connectivity index (χ0v) is 4.15. The van der Waals surface area contributed by atoms with E-state index >= 15 is 0 Å². The fourth-order valence-corrected chi connectivity index (χ4v) is 0. The highest BCUT2D eigenvalue weighted by atomic mass is 16.3. The van der Waals surface area contributed by atoms with Crippen molar-refractivity contribution in [3.05, 3.63) is 6.92 Å². The van der Waals surface area contributed by atoms with Crippen LogP contribution in [0.1, 0.15) is 13.3 Å². The number of aliphatic hydroxyl groups excluding tert-OH is 1. The Kier molecular flexibility index (Phi) is 7.65. The largest absolute Gasteiger partial charge is 0.393 e. The fraction of sp³-hybridized carbons (Fsp3) is 0.750. The zero-order chi connectivity index (χ0) is 4.28. The Bertz CT molecular complexity index is 21.5. The van der Waals surface area contributed by atoms with Crippen molar-refractivity contribution in [2.24, 2.45) is 0 Å². The summed E-state index contributed by atoms with van der Waals surface area (Å²) < 4.78 is 0. The van der Waals surface area contributed by atoms with Crippen molar-refractivity contribution in [1.29, 1.82) is 0 Å². The lowest BCUT2D eigenvalue weighted by Gasteiger charge is -1.90. The second-order valence-electron chi connectivity index (χ2n) is 1.14. The van der Waals surface area contributed by atoms with Crippen LogP contribution in [-0.4, -0.2) is 11.2 Å². The van der Waals surface area contributed by atoms with Crippen LogP contribution in [0.25, 0.3) is 0 Å². The summed E-state index contributed by atoms with van der Waals surface area (Å²) in [5.74, 6) is 0. The van der Waals surface area contributed by atoms with Crippen LogP contribution in [0.3, 0.4) is 0 Å². The Balaban J connectivity index is 0. The number of hydrogen-bond acceptors (Lipinski definition) is 2. The standard InChI is InChI=1S/C4H9O.H3N/c1-3-4(2)5;/h4-5H,1,3H2,2H3;1H3. The van der Waals surface area contributed by atoms with E-state index in [0.29, 0.717) is 6.42 Å². The van der Waals surface area contributed by atoms with Crippen molar-refractivity contribution in [2.75, 3.05) is 0 Å². The molecule has 0 bridgehead atoms. The number of hydrogen-bond donors (Lipinski definition) is 2. The van der Waals surface area contributed by atoms with E-state index in [1.807, 2.05) is 0 Å². The molecule has 0 aliphatic carbocycles. The Morgan fingerprint density at radius 2 is 2.00 bits per heavy atom. The van der Waals surface area contributed by atoms with Gasteiger partial charge in [-0.15, -0.1) is 0 Å². The third-order valence-electron chi connectivity index (χ3n) is 0.418. The molecular formula is C4H12NO. The van der Waals surface area contributed by atoms with Gasteiger partial charge in [0.25, 0.3) is 0 Å². The molecule has 0 aliphatic rings. The number of rotatable bonds is 1. The van der Waals surface area contributed by atoms with Crippen LogP contribution in [0.5, 0.6) is 0 Å². The molecule has 0 fully saturated rings. The molecule has 6 heavy (non-hydrogen) atoms. The molecule has 0 aromatic carbocycles. The summed E-state index contributed by atoms with van der Waals surface area (Å²) in [7, 11) is 0. The molecular weight excluding hydrogens is 78.0 g/mol. The van der Waals surface area contributed by atoms with Gasteiger partial charge in [0.2, 0.25) is 0 Å². The highest BCUT2D eigenvalue weighted by molar-refractivity contribution is 4.44. The highest BCUT2D eigenvalue weighted by Gasteiger charge is 1.81. The first-order valence-corrected chi connectivity index (χ1v) is 1.74. The van der Waals surface area contributed by atoms with Crippen LogP contribution >= 0.6 is 0 Å². The molecule has 0 saturated heterocycles. The van der Waals surface area contributed by atoms with Crippen molar-refractivity contribution in [2.45, 2.75) is 19.4 Å². The van der Waals surface area contributed by atoms with E-state index in [9.17, 15) is 0 Å². The molecule has 2 heteroatoms. The summed E-state index contributed by atoms with van der Waals surface area (Å²) in [6, 6.07) is 0. The van der Waals surface area contributed by atoms with E-state index in [2.05, 4.69) is 6.92 Å². The average Bonchev–Trinajstić information content (AvgIpc) is 1.38. The summed E-state index contributed by atoms with van der Waals surface area (Å²) in [6.45, 7) is 5.15. The van der Waals surface area contributed by atoms with Crippen LogP contribution in [0.2, 0.25) is 0 Å². The molecule has 0 aromatic heterocycles. The van der Waals surface area contributed by atoms with Gasteiger partial charge in [-0.05, 0) is 13.3 Å². The monoisotopic (exact) mass is 90.1 g/mol. The lowest BCUT2D eigenvalue weighted by molar-refractivity contribution is 0.198. The SMILES string of the molecule is N.[CH2]CC(C)O. The van der Waals surface area contributed by atoms with Crippen LogP contribution in [-0.2, 0) is 0 Å². The third kappa shape index (κ3) is 9.07. The van der Waals surface area contributed by atoms with Gasteiger partial charge in [-0.2, -0.15) is 0 Å². The maximum absolute atomic E-state index is 8.30. The van der Waals surface area contributed by atoms with Crippen LogP contribution in [0.15, 0.2) is 0 Å². The minimum absolute atomic E-state index is 0. The predicted molar refractivity (Wildman–Crippen MR) is 26.7 cm³/mol. The molecule has 1 radical (unpaired) electrons. The lowest BCUT2D eigenvalue weighted by Crippen LogP contribution is -1.93. The molecule has 4 N–H and O–H groups in total. The van der Waals surface area contributed by atoms with Crippen molar-refractivity contribution >= 4 is 0 Å². The molecule has 1 unspecified atom stereocenters. The van der Waals surface area contributed by atoms with Gasteiger partial charge < -0.3 is 11.3 Å². The van der Waals surface area contributed by atoms with E-state index < -0.39 is 0 Å². The van der Waals surface area contributed by atoms with Gasteiger partial charge in [0, 0.05) is 0 Å². The molecule has 0 spiro atoms. The molecule has 0 heterocycles. The van der Waals surface area contributed by atoms with Gasteiger partial charge in [-0.1, -0.05) is 6.92 Å². The molecule has 1 atom stereocenters. The summed E-state index contributed by atoms with van der Waals surface area (Å²) in [6.07, 6.45) is 0.384. The smallest absolute Gasteiger partial charge is 0.0512 e. The maximum Gasteiger partial charge on any atom is 0.0512 e. The van der Waals surface area contributed by atoms with Gasteiger partial charge in [0.15, 0.2) is 0 Å². The normalized spacial score (nSPS) is 12.5. The van der Waals surface area contributed by atoms with Gasteiger partial charge >= 0.3 is 0 Å². The van der Waals surface area contributed by atoms with Crippen molar-refractivity contribution < 1.29 is 5.11 Å². The molecule has 0 amide bonds.